The van der Waals surface area contributed by atoms with Crippen molar-refractivity contribution in [3.05, 3.63) is 23.8 Å². The quantitative estimate of drug-likeness (QED) is 0.818. The van der Waals surface area contributed by atoms with Gasteiger partial charge in [-0.25, -0.2) is 0 Å². The van der Waals surface area contributed by atoms with Gasteiger partial charge in [0, 0.05) is 24.2 Å². The largest absolute Gasteiger partial charge is 0.497 e. The zero-order valence-electron chi connectivity index (χ0n) is 13.7. The van der Waals surface area contributed by atoms with Crippen LogP contribution in [0.4, 0.5) is 0 Å². The highest BCUT2D eigenvalue weighted by atomic mass is 16.5. The molecule has 1 aromatic rings. The van der Waals surface area contributed by atoms with Gasteiger partial charge in [0.15, 0.2) is 0 Å². The van der Waals surface area contributed by atoms with Crippen molar-refractivity contribution in [1.82, 2.24) is 5.32 Å². The lowest BCUT2D eigenvalue weighted by atomic mass is 9.83. The van der Waals surface area contributed by atoms with Crippen molar-refractivity contribution in [3.8, 4) is 11.5 Å². The van der Waals surface area contributed by atoms with E-state index in [4.69, 9.17) is 9.47 Å². The highest BCUT2D eigenvalue weighted by molar-refractivity contribution is 5.40. The second-order valence-corrected chi connectivity index (χ2v) is 5.97. The Balaban J connectivity index is 1.97. The topological polar surface area (TPSA) is 30.5 Å². The third kappa shape index (κ3) is 4.37. The van der Waals surface area contributed by atoms with Crippen LogP contribution >= 0.6 is 0 Å². The maximum absolute atomic E-state index is 5.48. The Labute approximate surface area is 129 Å². The molecule has 118 valence electrons. The van der Waals surface area contributed by atoms with Crippen molar-refractivity contribution in [3.63, 3.8) is 0 Å². The number of hydrogen-bond acceptors (Lipinski definition) is 3. The Morgan fingerprint density at radius 1 is 1.14 bits per heavy atom. The third-order valence-electron chi connectivity index (χ3n) is 4.71. The first-order valence-electron chi connectivity index (χ1n) is 8.22. The molecular formula is C18H29NO2. The van der Waals surface area contributed by atoms with Gasteiger partial charge < -0.3 is 14.8 Å². The number of rotatable bonds is 7. The van der Waals surface area contributed by atoms with Gasteiger partial charge >= 0.3 is 0 Å². The molecule has 1 N–H and O–H groups in total. The summed E-state index contributed by atoms with van der Waals surface area (Å²) in [5, 5.41) is 3.75. The third-order valence-corrected chi connectivity index (χ3v) is 4.71. The summed E-state index contributed by atoms with van der Waals surface area (Å²) in [7, 11) is 3.40. The minimum Gasteiger partial charge on any atom is -0.497 e. The molecule has 0 aliphatic heterocycles. The van der Waals surface area contributed by atoms with Crippen molar-refractivity contribution in [2.45, 2.75) is 58.0 Å². The first-order valence-corrected chi connectivity index (χ1v) is 8.22. The molecule has 1 saturated carbocycles. The SMILES string of the molecule is CCC(NCc1ccc(OC)cc1OC)C1CCCCC1. The van der Waals surface area contributed by atoms with Crippen molar-refractivity contribution in [2.75, 3.05) is 14.2 Å². The highest BCUT2D eigenvalue weighted by Crippen LogP contribution is 2.29. The lowest BCUT2D eigenvalue weighted by Gasteiger charge is -2.30. The molecule has 3 nitrogen and oxygen atoms in total. The molecule has 1 aliphatic carbocycles. The maximum atomic E-state index is 5.48. The molecule has 3 heteroatoms. The van der Waals surface area contributed by atoms with Crippen molar-refractivity contribution in [2.24, 2.45) is 5.92 Å². The molecule has 1 unspecified atom stereocenters. The predicted octanol–water partition coefficient (Wildman–Crippen LogP) is 4.15. The maximum Gasteiger partial charge on any atom is 0.127 e. The van der Waals surface area contributed by atoms with E-state index in [1.807, 2.05) is 12.1 Å². The summed E-state index contributed by atoms with van der Waals surface area (Å²) in [5.41, 5.74) is 1.20. The molecule has 0 radical (unpaired) electrons. The summed E-state index contributed by atoms with van der Waals surface area (Å²) in [6.45, 7) is 3.15. The zero-order chi connectivity index (χ0) is 15.1. The van der Waals surface area contributed by atoms with Crippen LogP contribution in [0.1, 0.15) is 51.0 Å². The summed E-state index contributed by atoms with van der Waals surface area (Å²) in [5.74, 6) is 2.59. The number of hydrogen-bond donors (Lipinski definition) is 1. The Hall–Kier alpha value is -1.22. The van der Waals surface area contributed by atoms with E-state index in [9.17, 15) is 0 Å². The van der Waals surface area contributed by atoms with Crippen molar-refractivity contribution in [1.29, 1.82) is 0 Å². The summed E-state index contributed by atoms with van der Waals surface area (Å²) < 4.78 is 10.7. The summed E-state index contributed by atoms with van der Waals surface area (Å²) in [4.78, 5) is 0. The second-order valence-electron chi connectivity index (χ2n) is 5.97. The van der Waals surface area contributed by atoms with E-state index in [1.165, 1.54) is 44.1 Å². The van der Waals surface area contributed by atoms with Gasteiger partial charge in [0.1, 0.15) is 11.5 Å². The molecule has 0 aromatic heterocycles. The Morgan fingerprint density at radius 3 is 2.52 bits per heavy atom. The molecular weight excluding hydrogens is 262 g/mol. The number of methoxy groups -OCH3 is 2. The molecule has 21 heavy (non-hydrogen) atoms. The van der Waals surface area contributed by atoms with Gasteiger partial charge in [0.05, 0.1) is 14.2 Å². The van der Waals surface area contributed by atoms with Crippen LogP contribution in [-0.4, -0.2) is 20.3 Å². The van der Waals surface area contributed by atoms with Gasteiger partial charge in [-0.3, -0.25) is 0 Å². The summed E-state index contributed by atoms with van der Waals surface area (Å²) in [6, 6.07) is 6.68. The van der Waals surface area contributed by atoms with E-state index in [2.05, 4.69) is 18.3 Å². The fourth-order valence-corrected chi connectivity index (χ4v) is 3.42. The number of benzene rings is 1. The minimum absolute atomic E-state index is 0.622. The van der Waals surface area contributed by atoms with Gasteiger partial charge in [-0.1, -0.05) is 32.3 Å². The van der Waals surface area contributed by atoms with Crippen LogP contribution in [0.15, 0.2) is 18.2 Å². The molecule has 0 bridgehead atoms. The zero-order valence-corrected chi connectivity index (χ0v) is 13.7. The van der Waals surface area contributed by atoms with E-state index in [0.29, 0.717) is 6.04 Å². The van der Waals surface area contributed by atoms with Crippen molar-refractivity contribution >= 4 is 0 Å². The Morgan fingerprint density at radius 2 is 1.90 bits per heavy atom. The van der Waals surface area contributed by atoms with Crippen LogP contribution < -0.4 is 14.8 Å². The minimum atomic E-state index is 0.622. The van der Waals surface area contributed by atoms with Crippen LogP contribution in [0.2, 0.25) is 0 Å². The second kappa shape index (κ2) is 8.28. The van der Waals surface area contributed by atoms with Gasteiger partial charge in [-0.15, -0.1) is 0 Å². The van der Waals surface area contributed by atoms with E-state index >= 15 is 0 Å². The first-order chi connectivity index (χ1) is 10.3. The fraction of sp³-hybridized carbons (Fsp3) is 0.667. The smallest absolute Gasteiger partial charge is 0.127 e. The van der Waals surface area contributed by atoms with Crippen molar-refractivity contribution < 1.29 is 9.47 Å². The molecule has 2 rings (SSSR count). The fourth-order valence-electron chi connectivity index (χ4n) is 3.42. The summed E-state index contributed by atoms with van der Waals surface area (Å²) >= 11 is 0. The Kier molecular flexibility index (Phi) is 6.37. The number of ether oxygens (including phenoxy) is 2. The highest BCUT2D eigenvalue weighted by Gasteiger charge is 2.22. The van der Waals surface area contributed by atoms with Crippen LogP contribution in [0, 0.1) is 5.92 Å². The predicted molar refractivity (Wildman–Crippen MR) is 87.0 cm³/mol. The van der Waals surface area contributed by atoms with E-state index in [-0.39, 0.29) is 0 Å². The molecule has 1 fully saturated rings. The first kappa shape index (κ1) is 16.2. The van der Waals surface area contributed by atoms with Crippen LogP contribution in [0.25, 0.3) is 0 Å². The molecule has 0 amide bonds. The molecule has 1 aliphatic rings. The molecule has 1 atom stereocenters. The number of nitrogens with one attached hydrogen (secondary N) is 1. The van der Waals surface area contributed by atoms with Crippen LogP contribution in [0.3, 0.4) is 0 Å². The average molecular weight is 291 g/mol. The lowest BCUT2D eigenvalue weighted by molar-refractivity contribution is 0.261. The molecule has 0 heterocycles. The van der Waals surface area contributed by atoms with E-state index in [1.54, 1.807) is 14.2 Å². The lowest BCUT2D eigenvalue weighted by Crippen LogP contribution is -2.36. The molecule has 0 spiro atoms. The standard InChI is InChI=1S/C18H29NO2/c1-4-17(14-8-6-5-7-9-14)19-13-15-10-11-16(20-2)12-18(15)21-3/h10-12,14,17,19H,4-9,13H2,1-3H3. The monoisotopic (exact) mass is 291 g/mol. The molecule has 1 aromatic carbocycles. The van der Waals surface area contributed by atoms with Crippen LogP contribution in [-0.2, 0) is 6.54 Å². The van der Waals surface area contributed by atoms with Gasteiger partial charge in [-0.2, -0.15) is 0 Å². The average Bonchev–Trinajstić information content (AvgIpc) is 2.56. The van der Waals surface area contributed by atoms with E-state index < -0.39 is 0 Å². The normalized spacial score (nSPS) is 17.5. The van der Waals surface area contributed by atoms with Gasteiger partial charge in [0.2, 0.25) is 0 Å². The summed E-state index contributed by atoms with van der Waals surface area (Å²) in [6.07, 6.45) is 8.17. The van der Waals surface area contributed by atoms with Gasteiger partial charge in [0.25, 0.3) is 0 Å². The Bertz CT molecular complexity index is 427. The van der Waals surface area contributed by atoms with Gasteiger partial charge in [-0.05, 0) is 31.2 Å². The van der Waals surface area contributed by atoms with E-state index in [0.717, 1.165) is 24.0 Å². The molecule has 0 saturated heterocycles. The van der Waals surface area contributed by atoms with Crippen LogP contribution in [0.5, 0.6) is 11.5 Å².